The Labute approximate surface area is 121 Å². The van der Waals surface area contributed by atoms with E-state index in [4.69, 9.17) is 0 Å². The van der Waals surface area contributed by atoms with Crippen LogP contribution in [-0.4, -0.2) is 4.92 Å². The summed E-state index contributed by atoms with van der Waals surface area (Å²) in [5, 5.41) is 10.5. The Bertz CT molecular complexity index is 658. The maximum Gasteiger partial charge on any atom is 0.304 e. The fourth-order valence-corrected chi connectivity index (χ4v) is 2.70. The van der Waals surface area contributed by atoms with Crippen LogP contribution < -0.4 is 0 Å². The number of aryl methyl sites for hydroxylation is 2. The number of benzene rings is 2. The van der Waals surface area contributed by atoms with Gasteiger partial charge in [0.1, 0.15) is 0 Å². The number of hydrogen-bond donors (Lipinski definition) is 0. The lowest BCUT2D eigenvalue weighted by Crippen LogP contribution is -1.93. The zero-order chi connectivity index (χ0) is 14.7. The summed E-state index contributed by atoms with van der Waals surface area (Å²) >= 11 is 1.58. The molecule has 0 heterocycles. The van der Waals surface area contributed by atoms with Crippen molar-refractivity contribution in [1.29, 1.82) is 0 Å². The van der Waals surface area contributed by atoms with E-state index in [1.54, 1.807) is 17.8 Å². The molecule has 20 heavy (non-hydrogen) atoms. The highest BCUT2D eigenvalue weighted by Gasteiger charge is 2.13. The molecule has 0 amide bonds. The SMILES string of the molecule is Cc1ccc(SCc2ccc([N+](=O)[O-])c(F)c2)cc1C. The van der Waals surface area contributed by atoms with Crippen LogP contribution in [0.3, 0.4) is 0 Å². The van der Waals surface area contributed by atoms with Crippen LogP contribution in [0.25, 0.3) is 0 Å². The van der Waals surface area contributed by atoms with Gasteiger partial charge >= 0.3 is 5.69 Å². The first-order valence-electron chi connectivity index (χ1n) is 6.10. The van der Waals surface area contributed by atoms with Crippen molar-refractivity contribution in [3.05, 3.63) is 69.0 Å². The van der Waals surface area contributed by atoms with Crippen LogP contribution in [0, 0.1) is 29.8 Å². The van der Waals surface area contributed by atoms with Crippen molar-refractivity contribution >= 4 is 17.4 Å². The summed E-state index contributed by atoms with van der Waals surface area (Å²) < 4.78 is 13.5. The Morgan fingerprint density at radius 3 is 2.50 bits per heavy atom. The minimum atomic E-state index is -0.784. The van der Waals surface area contributed by atoms with E-state index in [1.807, 2.05) is 19.1 Å². The van der Waals surface area contributed by atoms with Crippen LogP contribution in [0.2, 0.25) is 0 Å². The molecule has 5 heteroatoms. The van der Waals surface area contributed by atoms with E-state index < -0.39 is 16.4 Å². The van der Waals surface area contributed by atoms with Gasteiger partial charge in [0.2, 0.25) is 5.82 Å². The molecule has 0 fully saturated rings. The Morgan fingerprint density at radius 2 is 1.90 bits per heavy atom. The lowest BCUT2D eigenvalue weighted by atomic mass is 10.1. The standard InChI is InChI=1S/C15H14FNO2S/c1-10-3-5-13(7-11(10)2)20-9-12-4-6-15(17(18)19)14(16)8-12/h3-8H,9H2,1-2H3. The monoisotopic (exact) mass is 291 g/mol. The molecule has 0 spiro atoms. The molecule has 104 valence electrons. The highest BCUT2D eigenvalue weighted by atomic mass is 32.2. The maximum atomic E-state index is 13.5. The number of hydrogen-bond acceptors (Lipinski definition) is 3. The summed E-state index contributed by atoms with van der Waals surface area (Å²) in [4.78, 5) is 10.9. The molecule has 2 rings (SSSR count). The number of rotatable bonds is 4. The molecule has 0 unspecified atom stereocenters. The summed E-state index contributed by atoms with van der Waals surface area (Å²) in [6, 6.07) is 10.2. The van der Waals surface area contributed by atoms with Crippen molar-refractivity contribution in [3.8, 4) is 0 Å². The van der Waals surface area contributed by atoms with E-state index in [-0.39, 0.29) is 0 Å². The van der Waals surface area contributed by atoms with Gasteiger partial charge < -0.3 is 0 Å². The van der Waals surface area contributed by atoms with Crippen LogP contribution in [0.5, 0.6) is 0 Å². The Hall–Kier alpha value is -1.88. The largest absolute Gasteiger partial charge is 0.304 e. The first-order chi connectivity index (χ1) is 9.47. The molecular weight excluding hydrogens is 277 g/mol. The third-order valence-corrected chi connectivity index (χ3v) is 4.16. The number of halogens is 1. The summed E-state index contributed by atoms with van der Waals surface area (Å²) in [5.41, 5.74) is 2.70. The Kier molecular flexibility index (Phi) is 4.39. The van der Waals surface area contributed by atoms with Crippen molar-refractivity contribution in [1.82, 2.24) is 0 Å². The van der Waals surface area contributed by atoms with Gasteiger partial charge in [-0.15, -0.1) is 11.8 Å². The molecule has 0 aromatic heterocycles. The van der Waals surface area contributed by atoms with Gasteiger partial charge in [-0.25, -0.2) is 0 Å². The summed E-state index contributed by atoms with van der Waals surface area (Å²) in [6.07, 6.45) is 0. The Balaban J connectivity index is 2.09. The van der Waals surface area contributed by atoms with Crippen molar-refractivity contribution < 1.29 is 9.31 Å². The van der Waals surface area contributed by atoms with Crippen LogP contribution in [0.4, 0.5) is 10.1 Å². The number of nitrogens with zero attached hydrogens (tertiary/aromatic N) is 1. The molecule has 2 aromatic carbocycles. The zero-order valence-electron chi connectivity index (χ0n) is 11.2. The zero-order valence-corrected chi connectivity index (χ0v) is 12.0. The van der Waals surface area contributed by atoms with Gasteiger partial charge in [0.15, 0.2) is 0 Å². The van der Waals surface area contributed by atoms with Gasteiger partial charge in [-0.3, -0.25) is 10.1 Å². The first-order valence-corrected chi connectivity index (χ1v) is 7.09. The highest BCUT2D eigenvalue weighted by molar-refractivity contribution is 7.98. The molecular formula is C15H14FNO2S. The smallest absolute Gasteiger partial charge is 0.258 e. The van der Waals surface area contributed by atoms with Gasteiger partial charge in [0.05, 0.1) is 4.92 Å². The lowest BCUT2D eigenvalue weighted by Gasteiger charge is -2.05. The van der Waals surface area contributed by atoms with Crippen molar-refractivity contribution in [2.75, 3.05) is 0 Å². The van der Waals surface area contributed by atoms with Crippen molar-refractivity contribution in [2.45, 2.75) is 24.5 Å². The second kappa shape index (κ2) is 6.05. The molecule has 0 radical (unpaired) electrons. The molecule has 0 saturated heterocycles. The molecule has 2 aromatic rings. The Morgan fingerprint density at radius 1 is 1.15 bits per heavy atom. The van der Waals surface area contributed by atoms with E-state index in [2.05, 4.69) is 13.0 Å². The molecule has 0 aliphatic carbocycles. The topological polar surface area (TPSA) is 43.1 Å². The quantitative estimate of drug-likeness (QED) is 0.468. The lowest BCUT2D eigenvalue weighted by molar-refractivity contribution is -0.387. The van der Waals surface area contributed by atoms with Crippen LogP contribution in [0.15, 0.2) is 41.3 Å². The summed E-state index contributed by atoms with van der Waals surface area (Å²) in [5.74, 6) is -0.203. The van der Waals surface area contributed by atoms with Gasteiger partial charge in [-0.2, -0.15) is 4.39 Å². The highest BCUT2D eigenvalue weighted by Crippen LogP contribution is 2.26. The molecule has 0 aliphatic heterocycles. The molecule has 0 N–H and O–H groups in total. The van der Waals surface area contributed by atoms with E-state index in [0.29, 0.717) is 5.75 Å². The van der Waals surface area contributed by atoms with Crippen LogP contribution in [0.1, 0.15) is 16.7 Å². The average molecular weight is 291 g/mol. The second-order valence-electron chi connectivity index (χ2n) is 4.58. The fraction of sp³-hybridized carbons (Fsp3) is 0.200. The van der Waals surface area contributed by atoms with Crippen molar-refractivity contribution in [2.24, 2.45) is 0 Å². The molecule has 0 atom stereocenters. The fourth-order valence-electron chi connectivity index (χ4n) is 1.76. The average Bonchev–Trinajstić information content (AvgIpc) is 2.40. The first kappa shape index (κ1) is 14.5. The third-order valence-electron chi connectivity index (χ3n) is 3.09. The predicted octanol–water partition coefficient (Wildman–Crippen LogP) is 4.64. The number of nitro benzene ring substituents is 1. The predicted molar refractivity (Wildman–Crippen MR) is 78.5 cm³/mol. The van der Waals surface area contributed by atoms with Gasteiger partial charge in [-0.05, 0) is 48.7 Å². The number of nitro groups is 1. The van der Waals surface area contributed by atoms with E-state index in [1.165, 1.54) is 23.3 Å². The van der Waals surface area contributed by atoms with E-state index >= 15 is 0 Å². The molecule has 3 nitrogen and oxygen atoms in total. The van der Waals surface area contributed by atoms with Gasteiger partial charge in [0, 0.05) is 16.7 Å². The second-order valence-corrected chi connectivity index (χ2v) is 5.63. The molecule has 0 bridgehead atoms. The summed E-state index contributed by atoms with van der Waals surface area (Å²) in [6.45, 7) is 4.10. The van der Waals surface area contributed by atoms with Gasteiger partial charge in [-0.1, -0.05) is 12.1 Å². The third kappa shape index (κ3) is 3.36. The van der Waals surface area contributed by atoms with E-state index in [0.717, 1.165) is 10.5 Å². The minimum absolute atomic E-state index is 0.482. The number of thioether (sulfide) groups is 1. The van der Waals surface area contributed by atoms with Crippen LogP contribution >= 0.6 is 11.8 Å². The van der Waals surface area contributed by atoms with Gasteiger partial charge in [0.25, 0.3) is 0 Å². The van der Waals surface area contributed by atoms with Crippen LogP contribution in [-0.2, 0) is 5.75 Å². The van der Waals surface area contributed by atoms with E-state index in [9.17, 15) is 14.5 Å². The minimum Gasteiger partial charge on any atom is -0.258 e. The molecule has 0 saturated carbocycles. The normalized spacial score (nSPS) is 10.6. The summed E-state index contributed by atoms with van der Waals surface area (Å²) in [7, 11) is 0. The van der Waals surface area contributed by atoms with Crippen molar-refractivity contribution in [3.63, 3.8) is 0 Å². The maximum absolute atomic E-state index is 13.5. The molecule has 0 aliphatic rings.